The van der Waals surface area contributed by atoms with Crippen LogP contribution < -0.4 is 0 Å². The zero-order chi connectivity index (χ0) is 12.3. The number of aliphatic hydroxyl groups excluding tert-OH is 1. The van der Waals surface area contributed by atoms with E-state index in [1.54, 1.807) is 26.0 Å². The zero-order valence-corrected chi connectivity index (χ0v) is 9.65. The first-order chi connectivity index (χ1) is 7.45. The molecule has 1 rings (SSSR count). The molecule has 2 N–H and O–H groups in total. The summed E-state index contributed by atoms with van der Waals surface area (Å²) in [7, 11) is 1.28. The van der Waals surface area contributed by atoms with Crippen molar-refractivity contribution in [2.24, 2.45) is 0 Å². The highest BCUT2D eigenvalue weighted by atomic mass is 16.5. The quantitative estimate of drug-likeness (QED) is 0.765. The van der Waals surface area contributed by atoms with Gasteiger partial charge in [-0.2, -0.15) is 0 Å². The van der Waals surface area contributed by atoms with E-state index in [2.05, 4.69) is 4.74 Å². The molecule has 0 aliphatic rings. The third-order valence-electron chi connectivity index (χ3n) is 2.49. The smallest absolute Gasteiger partial charge is 0.308 e. The van der Waals surface area contributed by atoms with Gasteiger partial charge in [-0.25, -0.2) is 0 Å². The highest BCUT2D eigenvalue weighted by molar-refractivity contribution is 5.70. The Morgan fingerprint density at radius 3 is 2.31 bits per heavy atom. The second-order valence-corrected chi connectivity index (χ2v) is 3.80. The number of benzene rings is 1. The van der Waals surface area contributed by atoms with Gasteiger partial charge < -0.3 is 14.9 Å². The number of hydrogen-bond acceptors (Lipinski definition) is 4. The maximum absolute atomic E-state index is 11.0. The second kappa shape index (κ2) is 4.99. The summed E-state index contributed by atoms with van der Waals surface area (Å²) < 4.78 is 4.48. The number of methoxy groups -OCH3 is 1. The summed E-state index contributed by atoms with van der Waals surface area (Å²) >= 11 is 0. The Kier molecular flexibility index (Phi) is 3.90. The third kappa shape index (κ3) is 2.73. The van der Waals surface area contributed by atoms with Crippen molar-refractivity contribution < 1.29 is 19.7 Å². The maximum atomic E-state index is 11.0. The summed E-state index contributed by atoms with van der Waals surface area (Å²) in [6, 6.07) is 3.33. The molecule has 1 atom stereocenters. The van der Waals surface area contributed by atoms with E-state index in [1.807, 2.05) is 0 Å². The molecule has 0 spiro atoms. The molecule has 4 heteroatoms. The SMILES string of the molecule is COC(=O)C[C@H](O)c1cc(C)c(O)c(C)c1. The van der Waals surface area contributed by atoms with Crippen LogP contribution in [0.25, 0.3) is 0 Å². The Bertz CT molecular complexity index is 375. The van der Waals surface area contributed by atoms with Gasteiger partial charge in [-0.15, -0.1) is 0 Å². The fraction of sp³-hybridized carbons (Fsp3) is 0.417. The first-order valence-corrected chi connectivity index (χ1v) is 5.00. The van der Waals surface area contributed by atoms with Gasteiger partial charge in [-0.3, -0.25) is 4.79 Å². The first-order valence-electron chi connectivity index (χ1n) is 5.00. The number of aryl methyl sites for hydroxylation is 2. The summed E-state index contributed by atoms with van der Waals surface area (Å²) in [6.45, 7) is 3.49. The molecule has 88 valence electrons. The lowest BCUT2D eigenvalue weighted by Gasteiger charge is -2.12. The van der Waals surface area contributed by atoms with Crippen molar-refractivity contribution in [3.63, 3.8) is 0 Å². The van der Waals surface area contributed by atoms with E-state index in [9.17, 15) is 15.0 Å². The van der Waals surface area contributed by atoms with Gasteiger partial charge in [0.15, 0.2) is 0 Å². The van der Waals surface area contributed by atoms with E-state index in [-0.39, 0.29) is 12.2 Å². The molecule has 0 fully saturated rings. The summed E-state index contributed by atoms with van der Waals surface area (Å²) in [6.07, 6.45) is -0.981. The first kappa shape index (κ1) is 12.5. The van der Waals surface area contributed by atoms with Crippen LogP contribution in [0.3, 0.4) is 0 Å². The molecular weight excluding hydrogens is 208 g/mol. The van der Waals surface area contributed by atoms with Crippen LogP contribution in [-0.2, 0) is 9.53 Å². The van der Waals surface area contributed by atoms with Gasteiger partial charge in [-0.05, 0) is 42.7 Å². The molecule has 0 saturated heterocycles. The van der Waals surface area contributed by atoms with Crippen LogP contribution in [-0.4, -0.2) is 23.3 Å². The predicted octanol–water partition coefficient (Wildman–Crippen LogP) is 1.61. The Hall–Kier alpha value is -1.55. The van der Waals surface area contributed by atoms with E-state index in [0.29, 0.717) is 16.7 Å². The number of phenols is 1. The molecule has 0 aliphatic heterocycles. The van der Waals surface area contributed by atoms with Crippen molar-refractivity contribution in [1.29, 1.82) is 0 Å². The lowest BCUT2D eigenvalue weighted by Crippen LogP contribution is -2.08. The fourth-order valence-corrected chi connectivity index (χ4v) is 1.54. The molecule has 0 saturated carbocycles. The monoisotopic (exact) mass is 224 g/mol. The van der Waals surface area contributed by atoms with Crippen molar-refractivity contribution >= 4 is 5.97 Å². The van der Waals surface area contributed by atoms with E-state index >= 15 is 0 Å². The Balaban J connectivity index is 2.92. The van der Waals surface area contributed by atoms with E-state index in [1.165, 1.54) is 7.11 Å². The minimum Gasteiger partial charge on any atom is -0.507 e. The molecule has 0 aromatic heterocycles. The summed E-state index contributed by atoms with van der Waals surface area (Å²) in [5.74, 6) is -0.245. The minimum atomic E-state index is -0.898. The van der Waals surface area contributed by atoms with Gasteiger partial charge in [0, 0.05) is 0 Å². The second-order valence-electron chi connectivity index (χ2n) is 3.80. The van der Waals surface area contributed by atoms with Crippen LogP contribution in [0, 0.1) is 13.8 Å². The summed E-state index contributed by atoms with van der Waals surface area (Å²) in [5.41, 5.74) is 1.97. The number of esters is 1. The van der Waals surface area contributed by atoms with Gasteiger partial charge in [0.25, 0.3) is 0 Å². The van der Waals surface area contributed by atoms with Crippen LogP contribution in [0.5, 0.6) is 5.75 Å². The average Bonchev–Trinajstić information content (AvgIpc) is 2.24. The van der Waals surface area contributed by atoms with Crippen LogP contribution in [0.2, 0.25) is 0 Å². The van der Waals surface area contributed by atoms with E-state index < -0.39 is 12.1 Å². The van der Waals surface area contributed by atoms with Gasteiger partial charge in [0.1, 0.15) is 5.75 Å². The van der Waals surface area contributed by atoms with Crippen LogP contribution in [0.4, 0.5) is 0 Å². The molecule has 0 radical (unpaired) electrons. The van der Waals surface area contributed by atoms with Crippen molar-refractivity contribution in [2.45, 2.75) is 26.4 Å². The number of ether oxygens (including phenoxy) is 1. The predicted molar refractivity (Wildman–Crippen MR) is 59.2 cm³/mol. The number of carbonyl (C=O) groups excluding carboxylic acids is 1. The Labute approximate surface area is 94.5 Å². The number of aromatic hydroxyl groups is 1. The van der Waals surface area contributed by atoms with Crippen LogP contribution in [0.15, 0.2) is 12.1 Å². The largest absolute Gasteiger partial charge is 0.507 e. The summed E-state index contributed by atoms with van der Waals surface area (Å²) in [4.78, 5) is 11.0. The van der Waals surface area contributed by atoms with Crippen LogP contribution >= 0.6 is 0 Å². The molecular formula is C12H16O4. The lowest BCUT2D eigenvalue weighted by atomic mass is 10.0. The molecule has 0 unspecified atom stereocenters. The number of rotatable bonds is 3. The van der Waals surface area contributed by atoms with Crippen molar-refractivity contribution in [1.82, 2.24) is 0 Å². The third-order valence-corrected chi connectivity index (χ3v) is 2.49. The number of aliphatic hydroxyl groups is 1. The molecule has 16 heavy (non-hydrogen) atoms. The fourth-order valence-electron chi connectivity index (χ4n) is 1.54. The van der Waals surface area contributed by atoms with Gasteiger partial charge in [0.2, 0.25) is 0 Å². The summed E-state index contributed by atoms with van der Waals surface area (Å²) in [5, 5.41) is 19.3. The van der Waals surface area contributed by atoms with Gasteiger partial charge in [0.05, 0.1) is 19.6 Å². The van der Waals surface area contributed by atoms with Crippen molar-refractivity contribution in [3.05, 3.63) is 28.8 Å². The van der Waals surface area contributed by atoms with E-state index in [4.69, 9.17) is 0 Å². The Morgan fingerprint density at radius 2 is 1.88 bits per heavy atom. The molecule has 1 aromatic carbocycles. The number of carbonyl (C=O) groups is 1. The van der Waals surface area contributed by atoms with Crippen molar-refractivity contribution in [2.75, 3.05) is 7.11 Å². The highest BCUT2D eigenvalue weighted by Crippen LogP contribution is 2.27. The highest BCUT2D eigenvalue weighted by Gasteiger charge is 2.15. The van der Waals surface area contributed by atoms with Crippen molar-refractivity contribution in [3.8, 4) is 5.75 Å². The normalized spacial score (nSPS) is 12.2. The Morgan fingerprint density at radius 1 is 1.38 bits per heavy atom. The lowest BCUT2D eigenvalue weighted by molar-refractivity contribution is -0.142. The molecule has 0 amide bonds. The maximum Gasteiger partial charge on any atom is 0.308 e. The molecule has 1 aromatic rings. The van der Waals surface area contributed by atoms with Gasteiger partial charge in [-0.1, -0.05) is 0 Å². The van der Waals surface area contributed by atoms with Crippen LogP contribution in [0.1, 0.15) is 29.2 Å². The average molecular weight is 224 g/mol. The molecule has 0 aliphatic carbocycles. The van der Waals surface area contributed by atoms with Gasteiger partial charge >= 0.3 is 5.97 Å². The minimum absolute atomic E-state index is 0.0832. The molecule has 0 heterocycles. The topological polar surface area (TPSA) is 66.8 Å². The zero-order valence-electron chi connectivity index (χ0n) is 9.65. The number of hydrogen-bond donors (Lipinski definition) is 2. The van der Waals surface area contributed by atoms with E-state index in [0.717, 1.165) is 0 Å². The molecule has 4 nitrogen and oxygen atoms in total. The molecule has 0 bridgehead atoms. The number of phenolic OH excluding ortho intramolecular Hbond substituents is 1. The standard InChI is InChI=1S/C12H16O4/c1-7-4-9(5-8(2)12(7)15)10(13)6-11(14)16-3/h4-5,10,13,15H,6H2,1-3H3/t10-/m0/s1.